The highest BCUT2D eigenvalue weighted by atomic mass is 16.5. The summed E-state index contributed by atoms with van der Waals surface area (Å²) in [5.74, 6) is 8.60. The summed E-state index contributed by atoms with van der Waals surface area (Å²) in [7, 11) is 0. The maximum Gasteiger partial charge on any atom is 0.161 e. The van der Waals surface area contributed by atoms with E-state index in [2.05, 4.69) is 21.6 Å². The van der Waals surface area contributed by atoms with Crippen LogP contribution >= 0.6 is 0 Å². The quantitative estimate of drug-likeness (QED) is 0.325. The van der Waals surface area contributed by atoms with Crippen LogP contribution in [0.25, 0.3) is 0 Å². The second-order valence-electron chi connectivity index (χ2n) is 8.97. The van der Waals surface area contributed by atoms with Gasteiger partial charge in [-0.1, -0.05) is 24.0 Å². The summed E-state index contributed by atoms with van der Waals surface area (Å²) in [6.45, 7) is 2.33. The zero-order valence-corrected chi connectivity index (χ0v) is 20.2. The summed E-state index contributed by atoms with van der Waals surface area (Å²) in [4.78, 5) is 4.29. The Morgan fingerprint density at radius 2 is 1.11 bits per heavy atom. The van der Waals surface area contributed by atoms with E-state index in [0.29, 0.717) is 26.6 Å². The molecule has 0 aliphatic carbocycles. The fourth-order valence-electron chi connectivity index (χ4n) is 4.62. The Bertz CT molecular complexity index is 1450. The lowest BCUT2D eigenvalue weighted by molar-refractivity contribution is 0.288. The van der Waals surface area contributed by atoms with Crippen LogP contribution in [0.15, 0.2) is 84.9 Å². The van der Waals surface area contributed by atoms with E-state index < -0.39 is 0 Å². The monoisotopic (exact) mass is 484 g/mol. The molecule has 0 aromatic heterocycles. The molecule has 180 valence electrons. The molecule has 0 spiro atoms. The van der Waals surface area contributed by atoms with Crippen LogP contribution in [0.2, 0.25) is 0 Å². The van der Waals surface area contributed by atoms with Crippen LogP contribution in [0.5, 0.6) is 23.0 Å². The number of ether oxygens (including phenoxy) is 3. The van der Waals surface area contributed by atoms with E-state index in [0.717, 1.165) is 56.6 Å². The Balaban J connectivity index is 1.19. The van der Waals surface area contributed by atoms with Crippen LogP contribution in [-0.4, -0.2) is 13.5 Å². The molecule has 37 heavy (non-hydrogen) atoms. The number of anilines is 2. The van der Waals surface area contributed by atoms with Crippen LogP contribution in [0.1, 0.15) is 22.3 Å². The molecule has 0 fully saturated rings. The van der Waals surface area contributed by atoms with E-state index in [1.165, 1.54) is 0 Å². The van der Waals surface area contributed by atoms with Gasteiger partial charge in [-0.2, -0.15) is 0 Å². The smallest absolute Gasteiger partial charge is 0.161 e. The molecule has 0 N–H and O–H groups in total. The van der Waals surface area contributed by atoms with Crippen LogP contribution in [0, 0.1) is 24.7 Å². The molecule has 0 saturated heterocycles. The van der Waals surface area contributed by atoms with Gasteiger partial charge in [0.1, 0.15) is 23.0 Å². The van der Waals surface area contributed by atoms with Crippen molar-refractivity contribution in [2.24, 2.45) is 0 Å². The number of hydrogen-bond acceptors (Lipinski definition) is 5. The molecule has 2 aliphatic rings. The predicted molar refractivity (Wildman–Crippen MR) is 145 cm³/mol. The maximum atomic E-state index is 6.26. The van der Waals surface area contributed by atoms with Crippen LogP contribution in [-0.2, 0) is 13.1 Å². The molecule has 6 rings (SSSR count). The molecule has 0 saturated carbocycles. The number of rotatable bonds is 4. The molecular formula is C32H24N2O3. The van der Waals surface area contributed by atoms with E-state index in [9.17, 15) is 0 Å². The maximum absolute atomic E-state index is 6.26. The number of nitrogens with zero attached hydrogens (tertiary/aromatic N) is 2. The zero-order valence-electron chi connectivity index (χ0n) is 20.2. The molecule has 2 heterocycles. The minimum Gasteiger partial charge on any atom is -0.473 e. The van der Waals surface area contributed by atoms with Crippen LogP contribution in [0.3, 0.4) is 0 Å². The molecule has 0 atom stereocenters. The summed E-state index contributed by atoms with van der Waals surface area (Å²) in [6, 6.07) is 27.7. The van der Waals surface area contributed by atoms with Gasteiger partial charge < -0.3 is 24.0 Å². The SMILES string of the molecule is C#Cc1cccc(N2COc3ccc(Oc4ccc5c(c4)CN(c4cccc(C#C)c4)CO5)cc3C2)c1. The van der Waals surface area contributed by atoms with Gasteiger partial charge in [-0.15, -0.1) is 12.8 Å². The first kappa shape index (κ1) is 22.5. The Morgan fingerprint density at radius 3 is 1.57 bits per heavy atom. The van der Waals surface area contributed by atoms with Gasteiger partial charge in [-0.25, -0.2) is 0 Å². The average Bonchev–Trinajstić information content (AvgIpc) is 2.96. The molecule has 0 radical (unpaired) electrons. The van der Waals surface area contributed by atoms with E-state index in [1.807, 2.05) is 84.9 Å². The van der Waals surface area contributed by atoms with Gasteiger partial charge in [-0.05, 0) is 72.8 Å². The lowest BCUT2D eigenvalue weighted by atomic mass is 10.1. The summed E-state index contributed by atoms with van der Waals surface area (Å²) in [5.41, 5.74) is 5.85. The van der Waals surface area contributed by atoms with E-state index in [1.54, 1.807) is 0 Å². The summed E-state index contributed by atoms with van der Waals surface area (Å²) >= 11 is 0. The normalized spacial score (nSPS) is 13.8. The van der Waals surface area contributed by atoms with Crippen molar-refractivity contribution >= 4 is 11.4 Å². The summed E-state index contributed by atoms with van der Waals surface area (Å²) in [6.07, 6.45) is 11.2. The molecule has 4 aromatic carbocycles. The number of terminal acetylenes is 2. The number of hydrogen-bond donors (Lipinski definition) is 0. The Kier molecular flexibility index (Phi) is 5.81. The number of benzene rings is 4. The molecule has 0 unspecified atom stereocenters. The third kappa shape index (κ3) is 4.63. The van der Waals surface area contributed by atoms with Gasteiger partial charge >= 0.3 is 0 Å². The fraction of sp³-hybridized carbons (Fsp3) is 0.125. The highest BCUT2D eigenvalue weighted by Gasteiger charge is 2.21. The standard InChI is InChI=1S/C32H24N2O3/c1-3-23-7-5-9-27(15-23)33-19-25-17-29(11-13-31(25)35-21-33)37-30-12-14-32-26(18-30)20-34(22-36-32)28-10-6-8-24(4-2)16-28/h1-2,5-18H,19-22H2. The van der Waals surface area contributed by atoms with Crippen LogP contribution < -0.4 is 24.0 Å². The van der Waals surface area contributed by atoms with Gasteiger partial charge in [-0.3, -0.25) is 0 Å². The molecule has 2 aliphatic heterocycles. The first-order valence-corrected chi connectivity index (χ1v) is 12.0. The minimum absolute atomic E-state index is 0.465. The van der Waals surface area contributed by atoms with Crippen LogP contribution in [0.4, 0.5) is 11.4 Å². The lowest BCUT2D eigenvalue weighted by Crippen LogP contribution is -2.31. The van der Waals surface area contributed by atoms with Crippen molar-refractivity contribution in [3.05, 3.63) is 107 Å². The molecular weight excluding hydrogens is 460 g/mol. The highest BCUT2D eigenvalue weighted by Crippen LogP contribution is 2.36. The average molecular weight is 485 g/mol. The predicted octanol–water partition coefficient (Wildman–Crippen LogP) is 6.15. The topological polar surface area (TPSA) is 34.2 Å². The highest BCUT2D eigenvalue weighted by molar-refractivity contribution is 5.56. The first-order valence-electron chi connectivity index (χ1n) is 12.0. The summed E-state index contributed by atoms with van der Waals surface area (Å²) < 4.78 is 18.3. The van der Waals surface area contributed by atoms with E-state index >= 15 is 0 Å². The third-order valence-corrected chi connectivity index (χ3v) is 6.53. The number of fused-ring (bicyclic) bond motifs is 2. The molecule has 5 nitrogen and oxygen atoms in total. The molecule has 0 amide bonds. The van der Waals surface area contributed by atoms with Crippen molar-refractivity contribution < 1.29 is 14.2 Å². The fourth-order valence-corrected chi connectivity index (χ4v) is 4.62. The molecule has 5 heteroatoms. The molecule has 0 bridgehead atoms. The summed E-state index contributed by atoms with van der Waals surface area (Å²) in [5, 5.41) is 0. The van der Waals surface area contributed by atoms with Crippen molar-refractivity contribution in [1.82, 2.24) is 0 Å². The van der Waals surface area contributed by atoms with Crippen molar-refractivity contribution in [1.29, 1.82) is 0 Å². The first-order chi connectivity index (χ1) is 18.2. The largest absolute Gasteiger partial charge is 0.473 e. The van der Waals surface area contributed by atoms with E-state index in [-0.39, 0.29) is 0 Å². The second-order valence-corrected chi connectivity index (χ2v) is 8.97. The Labute approximate surface area is 216 Å². The van der Waals surface area contributed by atoms with Gasteiger partial charge in [0.2, 0.25) is 0 Å². The van der Waals surface area contributed by atoms with Crippen molar-refractivity contribution in [3.8, 4) is 47.7 Å². The van der Waals surface area contributed by atoms with Gasteiger partial charge in [0.25, 0.3) is 0 Å². The van der Waals surface area contributed by atoms with E-state index in [4.69, 9.17) is 27.1 Å². The molecule has 4 aromatic rings. The lowest BCUT2D eigenvalue weighted by Gasteiger charge is -2.31. The zero-order chi connectivity index (χ0) is 25.2. The van der Waals surface area contributed by atoms with Crippen molar-refractivity contribution in [2.75, 3.05) is 23.3 Å². The second kappa shape index (κ2) is 9.57. The van der Waals surface area contributed by atoms with Gasteiger partial charge in [0.15, 0.2) is 13.5 Å². The van der Waals surface area contributed by atoms with Gasteiger partial charge in [0, 0.05) is 46.7 Å². The van der Waals surface area contributed by atoms with Gasteiger partial charge in [0.05, 0.1) is 0 Å². The Morgan fingerprint density at radius 1 is 0.622 bits per heavy atom. The van der Waals surface area contributed by atoms with Crippen molar-refractivity contribution in [3.63, 3.8) is 0 Å². The third-order valence-electron chi connectivity index (χ3n) is 6.53. The Hall–Kier alpha value is -5.00. The van der Waals surface area contributed by atoms with Crippen molar-refractivity contribution in [2.45, 2.75) is 13.1 Å². The minimum atomic E-state index is 0.465.